The Morgan fingerprint density at radius 1 is 1.00 bits per heavy atom. The van der Waals surface area contributed by atoms with Crippen LogP contribution in [0.2, 0.25) is 0 Å². The second-order valence-electron chi connectivity index (χ2n) is 7.15. The summed E-state index contributed by atoms with van der Waals surface area (Å²) < 4.78 is 10.3. The summed E-state index contributed by atoms with van der Waals surface area (Å²) in [7, 11) is 0. The molecular formula is C23H22N2O4. The van der Waals surface area contributed by atoms with Gasteiger partial charge in [-0.25, -0.2) is 0 Å². The lowest BCUT2D eigenvalue weighted by atomic mass is 9.90. The van der Waals surface area contributed by atoms with Crippen molar-refractivity contribution in [3.05, 3.63) is 71.1 Å². The van der Waals surface area contributed by atoms with E-state index < -0.39 is 5.97 Å². The molecule has 0 unspecified atom stereocenters. The minimum absolute atomic E-state index is 0.0773. The largest absolute Gasteiger partial charge is 0.457 e. The van der Waals surface area contributed by atoms with Gasteiger partial charge in [-0.2, -0.15) is 4.98 Å². The molecule has 1 aliphatic rings. The predicted octanol–water partition coefficient (Wildman–Crippen LogP) is 3.97. The highest BCUT2D eigenvalue weighted by molar-refractivity contribution is 5.98. The van der Waals surface area contributed by atoms with Gasteiger partial charge in [0.25, 0.3) is 0 Å². The molecule has 0 bridgehead atoms. The monoisotopic (exact) mass is 390 g/mol. The molecule has 148 valence electrons. The fourth-order valence-corrected chi connectivity index (χ4v) is 3.48. The number of carbonyl (C=O) groups is 2. The first-order valence-corrected chi connectivity index (χ1v) is 9.88. The predicted molar refractivity (Wildman–Crippen MR) is 106 cm³/mol. The second-order valence-corrected chi connectivity index (χ2v) is 7.15. The summed E-state index contributed by atoms with van der Waals surface area (Å²) in [6, 6.07) is 15.2. The van der Waals surface area contributed by atoms with Crippen LogP contribution in [-0.4, -0.2) is 28.5 Å². The Bertz CT molecular complexity index is 1010. The molecule has 0 saturated carbocycles. The van der Waals surface area contributed by atoms with Gasteiger partial charge in [0.15, 0.2) is 12.4 Å². The SMILES string of the molecule is O=C(CCc1nc(-c2ccccc2)no1)OCC(=O)c1ccc2c(c1)CCCC2. The van der Waals surface area contributed by atoms with E-state index in [1.54, 1.807) is 0 Å². The number of fused-ring (bicyclic) bond motifs is 1. The molecule has 0 radical (unpaired) electrons. The van der Waals surface area contributed by atoms with Crippen LogP contribution < -0.4 is 0 Å². The van der Waals surface area contributed by atoms with Gasteiger partial charge >= 0.3 is 5.97 Å². The number of nitrogens with zero attached hydrogens (tertiary/aromatic N) is 2. The first kappa shape index (κ1) is 19.1. The van der Waals surface area contributed by atoms with E-state index in [0.29, 0.717) is 17.3 Å². The number of hydrogen-bond acceptors (Lipinski definition) is 6. The zero-order valence-corrected chi connectivity index (χ0v) is 16.1. The molecule has 0 aliphatic heterocycles. The number of aromatic nitrogens is 2. The van der Waals surface area contributed by atoms with Crippen LogP contribution in [0.25, 0.3) is 11.4 Å². The smallest absolute Gasteiger partial charge is 0.306 e. The number of Topliss-reactive ketones (excluding diaryl/α,β-unsaturated/α-hetero) is 1. The topological polar surface area (TPSA) is 82.3 Å². The Morgan fingerprint density at radius 3 is 2.62 bits per heavy atom. The first-order chi connectivity index (χ1) is 14.2. The zero-order valence-electron chi connectivity index (χ0n) is 16.1. The lowest BCUT2D eigenvalue weighted by molar-refractivity contribution is -0.142. The van der Waals surface area contributed by atoms with Crippen molar-refractivity contribution in [2.75, 3.05) is 6.61 Å². The van der Waals surface area contributed by atoms with Crippen molar-refractivity contribution >= 4 is 11.8 Å². The summed E-state index contributed by atoms with van der Waals surface area (Å²) >= 11 is 0. The molecular weight excluding hydrogens is 368 g/mol. The molecule has 0 saturated heterocycles. The van der Waals surface area contributed by atoms with Gasteiger partial charge in [0.05, 0.1) is 6.42 Å². The summed E-state index contributed by atoms with van der Waals surface area (Å²) in [5, 5.41) is 3.92. The summed E-state index contributed by atoms with van der Waals surface area (Å²) in [4.78, 5) is 28.6. The Hall–Kier alpha value is -3.28. The quantitative estimate of drug-likeness (QED) is 0.448. The number of ether oxygens (including phenoxy) is 1. The number of aryl methyl sites for hydroxylation is 3. The number of rotatable bonds is 7. The molecule has 1 aliphatic carbocycles. The first-order valence-electron chi connectivity index (χ1n) is 9.88. The van der Waals surface area contributed by atoms with Crippen molar-refractivity contribution in [2.24, 2.45) is 0 Å². The summed E-state index contributed by atoms with van der Waals surface area (Å²) in [6.07, 6.45) is 4.78. The normalized spacial score (nSPS) is 13.0. The average Bonchev–Trinajstić information content (AvgIpc) is 3.25. The van der Waals surface area contributed by atoms with E-state index in [-0.39, 0.29) is 25.2 Å². The lowest BCUT2D eigenvalue weighted by Gasteiger charge is -2.16. The number of carbonyl (C=O) groups excluding carboxylic acids is 2. The van der Waals surface area contributed by atoms with Crippen molar-refractivity contribution in [1.29, 1.82) is 0 Å². The fourth-order valence-electron chi connectivity index (χ4n) is 3.48. The summed E-state index contributed by atoms with van der Waals surface area (Å²) in [5.74, 6) is 0.199. The third kappa shape index (κ3) is 4.77. The van der Waals surface area contributed by atoms with Gasteiger partial charge < -0.3 is 9.26 Å². The Balaban J connectivity index is 1.26. The van der Waals surface area contributed by atoms with E-state index in [0.717, 1.165) is 24.8 Å². The van der Waals surface area contributed by atoms with E-state index in [1.165, 1.54) is 17.5 Å². The molecule has 2 aromatic carbocycles. The highest BCUT2D eigenvalue weighted by Gasteiger charge is 2.15. The second kappa shape index (κ2) is 8.82. The summed E-state index contributed by atoms with van der Waals surface area (Å²) in [5.41, 5.74) is 4.00. The van der Waals surface area contributed by atoms with E-state index in [9.17, 15) is 9.59 Å². The van der Waals surface area contributed by atoms with Crippen molar-refractivity contribution in [2.45, 2.75) is 38.5 Å². The van der Waals surface area contributed by atoms with Crippen LogP contribution in [0.5, 0.6) is 0 Å². The van der Waals surface area contributed by atoms with Gasteiger partial charge in [0, 0.05) is 17.5 Å². The number of benzene rings is 2. The molecule has 0 amide bonds. The number of esters is 1. The van der Waals surface area contributed by atoms with Gasteiger partial charge in [-0.3, -0.25) is 9.59 Å². The van der Waals surface area contributed by atoms with E-state index >= 15 is 0 Å². The van der Waals surface area contributed by atoms with E-state index in [4.69, 9.17) is 9.26 Å². The highest BCUT2D eigenvalue weighted by atomic mass is 16.5. The van der Waals surface area contributed by atoms with Gasteiger partial charge in [-0.1, -0.05) is 47.6 Å². The molecule has 6 nitrogen and oxygen atoms in total. The minimum Gasteiger partial charge on any atom is -0.457 e. The zero-order chi connectivity index (χ0) is 20.1. The van der Waals surface area contributed by atoms with Crippen LogP contribution in [0.3, 0.4) is 0 Å². The minimum atomic E-state index is -0.462. The van der Waals surface area contributed by atoms with Crippen LogP contribution in [-0.2, 0) is 28.8 Å². The van der Waals surface area contributed by atoms with Crippen molar-refractivity contribution in [1.82, 2.24) is 10.1 Å². The van der Waals surface area contributed by atoms with Crippen molar-refractivity contribution in [3.63, 3.8) is 0 Å². The lowest BCUT2D eigenvalue weighted by Crippen LogP contribution is -2.15. The maximum Gasteiger partial charge on any atom is 0.306 e. The van der Waals surface area contributed by atoms with E-state index in [1.807, 2.05) is 48.5 Å². The van der Waals surface area contributed by atoms with Crippen LogP contribution in [0, 0.1) is 0 Å². The van der Waals surface area contributed by atoms with Gasteiger partial charge in [0.2, 0.25) is 11.7 Å². The van der Waals surface area contributed by atoms with Gasteiger partial charge in [0.1, 0.15) is 0 Å². The third-order valence-electron chi connectivity index (χ3n) is 5.08. The highest BCUT2D eigenvalue weighted by Crippen LogP contribution is 2.22. The van der Waals surface area contributed by atoms with E-state index in [2.05, 4.69) is 10.1 Å². The van der Waals surface area contributed by atoms with Crippen LogP contribution in [0.4, 0.5) is 0 Å². The molecule has 1 aromatic heterocycles. The molecule has 6 heteroatoms. The molecule has 0 fully saturated rings. The average molecular weight is 390 g/mol. The molecule has 29 heavy (non-hydrogen) atoms. The molecule has 4 rings (SSSR count). The third-order valence-corrected chi connectivity index (χ3v) is 5.08. The molecule has 0 N–H and O–H groups in total. The van der Waals surface area contributed by atoms with Crippen molar-refractivity contribution in [3.8, 4) is 11.4 Å². The van der Waals surface area contributed by atoms with Crippen LogP contribution in [0.1, 0.15) is 46.6 Å². The molecule has 0 spiro atoms. The van der Waals surface area contributed by atoms with Crippen LogP contribution >= 0.6 is 0 Å². The van der Waals surface area contributed by atoms with Gasteiger partial charge in [-0.15, -0.1) is 0 Å². The number of ketones is 1. The maximum absolute atomic E-state index is 12.4. The Labute approximate surface area is 168 Å². The summed E-state index contributed by atoms with van der Waals surface area (Å²) in [6.45, 7) is -0.253. The molecule has 0 atom stereocenters. The number of hydrogen-bond donors (Lipinski definition) is 0. The fraction of sp³-hybridized carbons (Fsp3) is 0.304. The standard InChI is InChI=1S/C23H22N2O4/c26-20(19-11-10-16-6-4-5-9-18(16)14-19)15-28-22(27)13-12-21-24-23(25-29-21)17-7-2-1-3-8-17/h1-3,7-8,10-11,14H,4-6,9,12-13,15H2. The Morgan fingerprint density at radius 2 is 1.79 bits per heavy atom. The Kier molecular flexibility index (Phi) is 5.79. The molecule has 3 aromatic rings. The van der Waals surface area contributed by atoms with Crippen LogP contribution in [0.15, 0.2) is 53.1 Å². The van der Waals surface area contributed by atoms with Gasteiger partial charge in [-0.05, 0) is 42.9 Å². The maximum atomic E-state index is 12.4. The molecule has 1 heterocycles. The van der Waals surface area contributed by atoms with Crippen molar-refractivity contribution < 1.29 is 18.8 Å².